The quantitative estimate of drug-likeness (QED) is 0.660. The average molecular weight is 359 g/mol. The van der Waals surface area contributed by atoms with E-state index in [1.807, 2.05) is 29.2 Å². The first-order valence-corrected chi connectivity index (χ1v) is 9.88. The second kappa shape index (κ2) is 7.65. The summed E-state index contributed by atoms with van der Waals surface area (Å²) < 4.78 is 0. The second-order valence-corrected chi connectivity index (χ2v) is 8.59. The topological polar surface area (TPSA) is 63.4 Å². The highest BCUT2D eigenvalue weighted by atomic mass is 32.2. The Kier molecular flexibility index (Phi) is 5.52. The summed E-state index contributed by atoms with van der Waals surface area (Å²) in [6.07, 6.45) is 10.2. The Morgan fingerprint density at radius 3 is 2.76 bits per heavy atom. The maximum Gasteiger partial charge on any atom is 0.255 e. The van der Waals surface area contributed by atoms with E-state index < -0.39 is 0 Å². The molecular weight excluding hydrogens is 332 g/mol. The number of nitrogens with two attached hydrogens (primary N) is 1. The van der Waals surface area contributed by atoms with Crippen molar-refractivity contribution in [2.75, 3.05) is 13.1 Å². The predicted molar refractivity (Wildman–Crippen MR) is 102 cm³/mol. The van der Waals surface area contributed by atoms with Gasteiger partial charge in [-0.3, -0.25) is 9.59 Å². The Labute approximate surface area is 153 Å². The van der Waals surface area contributed by atoms with Crippen LogP contribution >= 0.6 is 11.8 Å². The lowest BCUT2D eigenvalue weighted by atomic mass is 9.71. The first-order valence-electron chi connectivity index (χ1n) is 9.00. The van der Waals surface area contributed by atoms with Gasteiger partial charge < -0.3 is 10.6 Å². The number of nitrogens with zero attached hydrogens (tertiary/aromatic N) is 1. The molecule has 1 aliphatic heterocycles. The Morgan fingerprint density at radius 1 is 1.24 bits per heavy atom. The minimum absolute atomic E-state index is 0.0772. The lowest BCUT2D eigenvalue weighted by Crippen LogP contribution is -2.46. The fraction of sp³-hybridized carbons (Fsp3) is 0.500. The molecule has 2 N–H and O–H groups in total. The number of thioether (sulfide) groups is 1. The maximum absolute atomic E-state index is 13.2. The summed E-state index contributed by atoms with van der Waals surface area (Å²) in [5.41, 5.74) is 6.32. The van der Waals surface area contributed by atoms with Gasteiger partial charge in [0.25, 0.3) is 5.91 Å². The number of allylic oxidation sites excluding steroid dienone is 2. The first-order chi connectivity index (χ1) is 12.0. The van der Waals surface area contributed by atoms with Gasteiger partial charge in [0.15, 0.2) is 0 Å². The van der Waals surface area contributed by atoms with Crippen LogP contribution in [0.1, 0.15) is 49.4 Å². The minimum Gasteiger partial charge on any atom is -0.369 e. The third-order valence-corrected chi connectivity index (χ3v) is 6.53. The molecule has 5 heteroatoms. The molecule has 2 atom stereocenters. The number of benzene rings is 1. The van der Waals surface area contributed by atoms with E-state index in [1.54, 1.807) is 6.92 Å². The predicted octanol–water partition coefficient (Wildman–Crippen LogP) is 3.62. The van der Waals surface area contributed by atoms with E-state index >= 15 is 0 Å². The number of hydrogen-bond donors (Lipinski definition) is 1. The second-order valence-electron chi connectivity index (χ2n) is 7.20. The van der Waals surface area contributed by atoms with Crippen molar-refractivity contribution in [2.24, 2.45) is 11.1 Å². The molecule has 0 aromatic heterocycles. The standard InChI is InChI=1S/C20H26N2O2S/c1-15(18(21)23)25-17-9-4-3-8-16(17)19(24)22-13-7-12-20(14-22)10-5-2-6-11-20/h2-5,8-9,15H,6-7,10-14H2,1H3,(H2,21,23)/t15-,20+/m1/s1. The monoisotopic (exact) mass is 358 g/mol. The van der Waals surface area contributed by atoms with Crippen molar-refractivity contribution in [3.8, 4) is 0 Å². The van der Waals surface area contributed by atoms with Crippen molar-refractivity contribution in [1.82, 2.24) is 4.90 Å². The molecule has 2 aliphatic rings. The van der Waals surface area contributed by atoms with Crippen LogP contribution in [0, 0.1) is 5.41 Å². The van der Waals surface area contributed by atoms with Crippen LogP contribution in [0.25, 0.3) is 0 Å². The lowest BCUT2D eigenvalue weighted by Gasteiger charge is -2.44. The molecule has 0 unspecified atom stereocenters. The number of amides is 2. The Balaban J connectivity index is 1.78. The van der Waals surface area contributed by atoms with E-state index in [9.17, 15) is 9.59 Å². The summed E-state index contributed by atoms with van der Waals surface area (Å²) in [5.74, 6) is -0.286. The van der Waals surface area contributed by atoms with Crippen molar-refractivity contribution in [1.29, 1.82) is 0 Å². The van der Waals surface area contributed by atoms with Crippen LogP contribution in [-0.4, -0.2) is 35.1 Å². The Bertz CT molecular complexity index is 688. The molecule has 4 nitrogen and oxygen atoms in total. The summed E-state index contributed by atoms with van der Waals surface area (Å²) in [4.78, 5) is 27.4. The molecule has 1 aromatic rings. The number of primary amides is 1. The third-order valence-electron chi connectivity index (χ3n) is 5.33. The van der Waals surface area contributed by atoms with Gasteiger partial charge in [0.2, 0.25) is 5.91 Å². The molecule has 0 bridgehead atoms. The molecular formula is C20H26N2O2S. The lowest BCUT2D eigenvalue weighted by molar-refractivity contribution is -0.117. The van der Waals surface area contributed by atoms with E-state index in [2.05, 4.69) is 12.2 Å². The number of piperidine rings is 1. The van der Waals surface area contributed by atoms with Crippen molar-refractivity contribution in [3.63, 3.8) is 0 Å². The number of hydrogen-bond acceptors (Lipinski definition) is 3. The minimum atomic E-state index is -0.363. The van der Waals surface area contributed by atoms with Crippen LogP contribution in [-0.2, 0) is 4.79 Å². The van der Waals surface area contributed by atoms with Gasteiger partial charge in [-0.25, -0.2) is 0 Å². The highest BCUT2D eigenvalue weighted by Gasteiger charge is 2.37. The van der Waals surface area contributed by atoms with Crippen LogP contribution < -0.4 is 5.73 Å². The zero-order valence-corrected chi connectivity index (χ0v) is 15.6. The van der Waals surface area contributed by atoms with Gasteiger partial charge >= 0.3 is 0 Å². The number of likely N-dealkylation sites (tertiary alicyclic amines) is 1. The smallest absolute Gasteiger partial charge is 0.255 e. The molecule has 1 aromatic carbocycles. The molecule has 1 aliphatic carbocycles. The molecule has 1 spiro atoms. The maximum atomic E-state index is 13.2. The summed E-state index contributed by atoms with van der Waals surface area (Å²) >= 11 is 1.36. The highest BCUT2D eigenvalue weighted by molar-refractivity contribution is 8.00. The number of rotatable bonds is 4. The first kappa shape index (κ1) is 18.1. The average Bonchev–Trinajstić information content (AvgIpc) is 2.62. The third kappa shape index (κ3) is 4.09. The van der Waals surface area contributed by atoms with Gasteiger partial charge in [-0.2, -0.15) is 0 Å². The van der Waals surface area contributed by atoms with Gasteiger partial charge in [0.1, 0.15) is 0 Å². The van der Waals surface area contributed by atoms with Crippen molar-refractivity contribution in [2.45, 2.75) is 49.2 Å². The SMILES string of the molecule is C[C@@H](Sc1ccccc1C(=O)N1CCC[C@@]2(CC=CCC2)C1)C(N)=O. The number of carbonyl (C=O) groups is 2. The van der Waals surface area contributed by atoms with E-state index in [0.29, 0.717) is 5.56 Å². The van der Waals surface area contributed by atoms with Crippen LogP contribution in [0.4, 0.5) is 0 Å². The summed E-state index contributed by atoms with van der Waals surface area (Å²) in [5, 5.41) is -0.356. The van der Waals surface area contributed by atoms with E-state index in [1.165, 1.54) is 24.6 Å². The van der Waals surface area contributed by atoms with E-state index in [0.717, 1.165) is 37.2 Å². The zero-order chi connectivity index (χ0) is 17.9. The van der Waals surface area contributed by atoms with E-state index in [4.69, 9.17) is 5.73 Å². The molecule has 134 valence electrons. The van der Waals surface area contributed by atoms with Gasteiger partial charge in [-0.05, 0) is 56.6 Å². The Hall–Kier alpha value is -1.75. The molecule has 1 heterocycles. The normalized spacial score (nSPS) is 24.3. The van der Waals surface area contributed by atoms with Crippen LogP contribution in [0.2, 0.25) is 0 Å². The largest absolute Gasteiger partial charge is 0.369 e. The van der Waals surface area contributed by atoms with Gasteiger partial charge in [-0.1, -0.05) is 24.3 Å². The van der Waals surface area contributed by atoms with E-state index in [-0.39, 0.29) is 22.5 Å². The van der Waals surface area contributed by atoms with Crippen LogP contribution in [0.5, 0.6) is 0 Å². The fourth-order valence-corrected chi connectivity index (χ4v) is 4.80. The molecule has 1 fully saturated rings. The molecule has 1 saturated heterocycles. The molecule has 0 saturated carbocycles. The molecule has 0 radical (unpaired) electrons. The molecule has 2 amide bonds. The zero-order valence-electron chi connectivity index (χ0n) is 14.7. The summed E-state index contributed by atoms with van der Waals surface area (Å²) in [6.45, 7) is 3.42. The number of carbonyl (C=O) groups excluding carboxylic acids is 2. The summed E-state index contributed by atoms with van der Waals surface area (Å²) in [7, 11) is 0. The van der Waals surface area contributed by atoms with Gasteiger partial charge in [0, 0.05) is 18.0 Å². The highest BCUT2D eigenvalue weighted by Crippen LogP contribution is 2.41. The van der Waals surface area contributed by atoms with Crippen molar-refractivity contribution >= 4 is 23.6 Å². The van der Waals surface area contributed by atoms with Crippen molar-refractivity contribution in [3.05, 3.63) is 42.0 Å². The van der Waals surface area contributed by atoms with Crippen molar-refractivity contribution < 1.29 is 9.59 Å². The summed E-state index contributed by atoms with van der Waals surface area (Å²) in [6, 6.07) is 7.55. The van der Waals surface area contributed by atoms with Crippen LogP contribution in [0.15, 0.2) is 41.3 Å². The molecule has 3 rings (SSSR count). The van der Waals surface area contributed by atoms with Gasteiger partial charge in [-0.15, -0.1) is 11.8 Å². The fourth-order valence-electron chi connectivity index (χ4n) is 3.86. The van der Waals surface area contributed by atoms with Crippen LogP contribution in [0.3, 0.4) is 0 Å². The Morgan fingerprint density at radius 2 is 2.04 bits per heavy atom. The molecule has 25 heavy (non-hydrogen) atoms. The van der Waals surface area contributed by atoms with Gasteiger partial charge in [0.05, 0.1) is 10.8 Å².